The molecule has 0 spiro atoms. The summed E-state index contributed by atoms with van der Waals surface area (Å²) in [5.41, 5.74) is 0. The third-order valence-electron chi connectivity index (χ3n) is 4.75. The third-order valence-corrected chi connectivity index (χ3v) is 4.75. The zero-order chi connectivity index (χ0) is 13.5. The number of carbonyl (C=O) groups excluding carboxylic acids is 1. The van der Waals surface area contributed by atoms with Gasteiger partial charge in [0.05, 0.1) is 0 Å². The van der Waals surface area contributed by atoms with E-state index >= 15 is 0 Å². The van der Waals surface area contributed by atoms with Gasteiger partial charge in [-0.15, -0.1) is 0 Å². The highest BCUT2D eigenvalue weighted by Crippen LogP contribution is 2.23. The predicted molar refractivity (Wildman–Crippen MR) is 79.2 cm³/mol. The van der Waals surface area contributed by atoms with Crippen molar-refractivity contribution in [3.63, 3.8) is 0 Å². The summed E-state index contributed by atoms with van der Waals surface area (Å²) >= 11 is 0. The summed E-state index contributed by atoms with van der Waals surface area (Å²) in [5, 5.41) is 0. The summed E-state index contributed by atoms with van der Waals surface area (Å²) in [6, 6.07) is 0.801. The molecule has 1 saturated heterocycles. The number of unbranched alkanes of at least 4 members (excludes halogenated alkanes) is 1. The van der Waals surface area contributed by atoms with E-state index in [0.717, 1.165) is 51.5 Å². The van der Waals surface area contributed by atoms with E-state index in [4.69, 9.17) is 0 Å². The minimum Gasteiger partial charge on any atom is -0.340 e. The first-order valence-electron chi connectivity index (χ1n) is 8.33. The summed E-state index contributed by atoms with van der Waals surface area (Å²) < 4.78 is 0. The second kappa shape index (κ2) is 7.88. The Morgan fingerprint density at radius 3 is 2.21 bits per heavy atom. The van der Waals surface area contributed by atoms with Gasteiger partial charge in [0, 0.05) is 38.6 Å². The molecular formula is C16H30N2O. The van der Waals surface area contributed by atoms with Crippen LogP contribution in [0.3, 0.4) is 0 Å². The van der Waals surface area contributed by atoms with Gasteiger partial charge >= 0.3 is 0 Å². The zero-order valence-corrected chi connectivity index (χ0v) is 12.6. The Labute approximate surface area is 118 Å². The maximum Gasteiger partial charge on any atom is 0.222 e. The summed E-state index contributed by atoms with van der Waals surface area (Å²) in [7, 11) is 0. The van der Waals surface area contributed by atoms with Gasteiger partial charge in [0.2, 0.25) is 5.91 Å². The average Bonchev–Trinajstić information content (AvgIpc) is 2.74. The van der Waals surface area contributed by atoms with Crippen molar-refractivity contribution in [3.05, 3.63) is 0 Å². The molecule has 0 bridgehead atoms. The molecule has 0 aromatic carbocycles. The molecule has 3 nitrogen and oxygen atoms in total. The van der Waals surface area contributed by atoms with Crippen LogP contribution in [0.15, 0.2) is 0 Å². The van der Waals surface area contributed by atoms with Gasteiger partial charge in [-0.05, 0) is 19.3 Å². The maximum atomic E-state index is 12.0. The second-order valence-corrected chi connectivity index (χ2v) is 6.17. The topological polar surface area (TPSA) is 23.6 Å². The Morgan fingerprint density at radius 1 is 1.00 bits per heavy atom. The first-order valence-corrected chi connectivity index (χ1v) is 8.33. The molecule has 0 aromatic heterocycles. The Hall–Kier alpha value is -0.570. The van der Waals surface area contributed by atoms with E-state index < -0.39 is 0 Å². The fourth-order valence-corrected chi connectivity index (χ4v) is 3.45. The van der Waals surface area contributed by atoms with Gasteiger partial charge in [-0.1, -0.05) is 39.0 Å². The van der Waals surface area contributed by atoms with Crippen molar-refractivity contribution in [1.82, 2.24) is 9.80 Å². The minimum atomic E-state index is 0.377. The fourth-order valence-electron chi connectivity index (χ4n) is 3.45. The molecule has 0 unspecified atom stereocenters. The Balaban J connectivity index is 1.73. The molecule has 110 valence electrons. The molecule has 1 aliphatic carbocycles. The van der Waals surface area contributed by atoms with E-state index in [1.54, 1.807) is 0 Å². The molecule has 3 heteroatoms. The lowest BCUT2D eigenvalue weighted by molar-refractivity contribution is -0.133. The number of carbonyl (C=O) groups is 1. The maximum absolute atomic E-state index is 12.0. The van der Waals surface area contributed by atoms with Crippen LogP contribution < -0.4 is 0 Å². The number of hydrogen-bond acceptors (Lipinski definition) is 2. The number of rotatable bonds is 4. The lowest BCUT2D eigenvalue weighted by atomic mass is 10.1. The number of nitrogens with zero attached hydrogens (tertiary/aromatic N) is 2. The van der Waals surface area contributed by atoms with Crippen molar-refractivity contribution in [2.45, 2.75) is 70.8 Å². The second-order valence-electron chi connectivity index (χ2n) is 6.17. The normalized spacial score (nSPS) is 23.3. The van der Waals surface area contributed by atoms with Crippen molar-refractivity contribution < 1.29 is 4.79 Å². The largest absolute Gasteiger partial charge is 0.340 e. The molecule has 1 heterocycles. The van der Waals surface area contributed by atoms with Crippen molar-refractivity contribution in [1.29, 1.82) is 0 Å². The Bertz CT molecular complexity index is 264. The van der Waals surface area contributed by atoms with Gasteiger partial charge < -0.3 is 4.90 Å². The average molecular weight is 266 g/mol. The zero-order valence-electron chi connectivity index (χ0n) is 12.6. The smallest absolute Gasteiger partial charge is 0.222 e. The van der Waals surface area contributed by atoms with Crippen LogP contribution in [0.2, 0.25) is 0 Å². The molecule has 1 saturated carbocycles. The van der Waals surface area contributed by atoms with Gasteiger partial charge in [-0.2, -0.15) is 0 Å². The summed E-state index contributed by atoms with van der Waals surface area (Å²) in [6.07, 6.45) is 11.3. The number of hydrogen-bond donors (Lipinski definition) is 0. The quantitative estimate of drug-likeness (QED) is 0.730. The first kappa shape index (κ1) is 14.8. The van der Waals surface area contributed by atoms with Crippen molar-refractivity contribution in [2.75, 3.05) is 26.2 Å². The van der Waals surface area contributed by atoms with Crippen LogP contribution in [0, 0.1) is 0 Å². The van der Waals surface area contributed by atoms with Crippen molar-refractivity contribution >= 4 is 5.91 Å². The van der Waals surface area contributed by atoms with Crippen LogP contribution in [0.25, 0.3) is 0 Å². The molecule has 1 amide bonds. The molecule has 1 aliphatic heterocycles. The van der Waals surface area contributed by atoms with Crippen molar-refractivity contribution in [3.8, 4) is 0 Å². The standard InChI is InChI=1S/C16H30N2O/c1-2-3-10-16(19)18-13-11-17(12-14-18)15-8-6-4-5-7-9-15/h15H,2-14H2,1H3. The van der Waals surface area contributed by atoms with Gasteiger partial charge in [0.25, 0.3) is 0 Å². The summed E-state index contributed by atoms with van der Waals surface area (Å²) in [4.78, 5) is 16.7. The van der Waals surface area contributed by atoms with Crippen molar-refractivity contribution in [2.24, 2.45) is 0 Å². The molecular weight excluding hydrogens is 236 g/mol. The van der Waals surface area contributed by atoms with Gasteiger partial charge in [0.15, 0.2) is 0 Å². The van der Waals surface area contributed by atoms with E-state index in [1.165, 1.54) is 38.5 Å². The first-order chi connectivity index (χ1) is 9.31. The molecule has 2 fully saturated rings. The molecule has 2 aliphatic rings. The predicted octanol–water partition coefficient (Wildman–Crippen LogP) is 3.04. The van der Waals surface area contributed by atoms with Crippen LogP contribution in [-0.2, 0) is 4.79 Å². The fraction of sp³-hybridized carbons (Fsp3) is 0.938. The van der Waals surface area contributed by atoms with Crippen LogP contribution in [-0.4, -0.2) is 47.9 Å². The van der Waals surface area contributed by atoms with Crippen LogP contribution >= 0.6 is 0 Å². The highest BCUT2D eigenvalue weighted by atomic mass is 16.2. The highest BCUT2D eigenvalue weighted by Gasteiger charge is 2.26. The van der Waals surface area contributed by atoms with Crippen LogP contribution in [0.4, 0.5) is 0 Å². The number of amides is 1. The molecule has 0 radical (unpaired) electrons. The Morgan fingerprint density at radius 2 is 1.63 bits per heavy atom. The van der Waals surface area contributed by atoms with E-state index in [9.17, 15) is 4.79 Å². The van der Waals surface area contributed by atoms with E-state index in [0.29, 0.717) is 5.91 Å². The lowest BCUT2D eigenvalue weighted by Gasteiger charge is -2.39. The Kier molecular flexibility index (Phi) is 6.15. The monoisotopic (exact) mass is 266 g/mol. The molecule has 0 N–H and O–H groups in total. The summed E-state index contributed by atoms with van der Waals surface area (Å²) in [5.74, 6) is 0.377. The van der Waals surface area contributed by atoms with Gasteiger partial charge in [-0.3, -0.25) is 9.69 Å². The SMILES string of the molecule is CCCCC(=O)N1CCN(C2CCCCCC2)CC1. The number of piperazine rings is 1. The lowest BCUT2D eigenvalue weighted by Crippen LogP contribution is -2.51. The third kappa shape index (κ3) is 4.48. The molecule has 0 atom stereocenters. The molecule has 0 aromatic rings. The van der Waals surface area contributed by atoms with Gasteiger partial charge in [0.1, 0.15) is 0 Å². The van der Waals surface area contributed by atoms with Crippen LogP contribution in [0.5, 0.6) is 0 Å². The van der Waals surface area contributed by atoms with E-state index in [1.807, 2.05) is 0 Å². The summed E-state index contributed by atoms with van der Waals surface area (Å²) in [6.45, 7) is 6.26. The van der Waals surface area contributed by atoms with Gasteiger partial charge in [-0.25, -0.2) is 0 Å². The molecule has 2 rings (SSSR count). The van der Waals surface area contributed by atoms with Crippen LogP contribution in [0.1, 0.15) is 64.7 Å². The molecule has 19 heavy (non-hydrogen) atoms. The van der Waals surface area contributed by atoms with E-state index in [2.05, 4.69) is 16.7 Å². The minimum absolute atomic E-state index is 0.377. The van der Waals surface area contributed by atoms with E-state index in [-0.39, 0.29) is 0 Å². The highest BCUT2D eigenvalue weighted by molar-refractivity contribution is 5.76.